The minimum absolute atomic E-state index is 0.204. The molecule has 1 saturated carbocycles. The van der Waals surface area contributed by atoms with Crippen molar-refractivity contribution in [3.63, 3.8) is 0 Å². The summed E-state index contributed by atoms with van der Waals surface area (Å²) >= 11 is 0. The summed E-state index contributed by atoms with van der Waals surface area (Å²) in [6.45, 7) is 8.12. The van der Waals surface area contributed by atoms with Crippen LogP contribution in [0.3, 0.4) is 0 Å². The fourth-order valence-electron chi connectivity index (χ4n) is 5.66. The summed E-state index contributed by atoms with van der Waals surface area (Å²) in [7, 11) is 2.08. The summed E-state index contributed by atoms with van der Waals surface area (Å²) in [6, 6.07) is 12.5. The van der Waals surface area contributed by atoms with E-state index in [1.807, 2.05) is 12.1 Å². The molecule has 1 saturated heterocycles. The number of hydrogen-bond donors (Lipinski definition) is 3. The highest BCUT2D eigenvalue weighted by Gasteiger charge is 2.55. The van der Waals surface area contributed by atoms with E-state index in [4.69, 9.17) is 0 Å². The first-order valence-corrected chi connectivity index (χ1v) is 11.9. The molecule has 6 heteroatoms. The Hall–Kier alpha value is -2.54. The lowest BCUT2D eigenvalue weighted by Crippen LogP contribution is -2.63. The van der Waals surface area contributed by atoms with Crippen LogP contribution < -0.4 is 0 Å². The van der Waals surface area contributed by atoms with Gasteiger partial charge in [-0.05, 0) is 49.1 Å². The van der Waals surface area contributed by atoms with Crippen LogP contribution >= 0.6 is 0 Å². The van der Waals surface area contributed by atoms with E-state index in [1.165, 1.54) is 5.56 Å². The summed E-state index contributed by atoms with van der Waals surface area (Å²) < 4.78 is 0. The van der Waals surface area contributed by atoms with Gasteiger partial charge in [0.15, 0.2) is 0 Å². The molecule has 2 aliphatic rings. The van der Waals surface area contributed by atoms with Crippen molar-refractivity contribution < 1.29 is 10.2 Å². The molecule has 0 unspecified atom stereocenters. The first-order valence-electron chi connectivity index (χ1n) is 11.9. The third kappa shape index (κ3) is 3.70. The second kappa shape index (κ2) is 8.05. The van der Waals surface area contributed by atoms with Gasteiger partial charge in [-0.2, -0.15) is 5.10 Å². The molecular formula is C27H34N4O2. The molecule has 1 aromatic carbocycles. The molecule has 0 radical (unpaired) electrons. The Labute approximate surface area is 195 Å². The largest absolute Gasteiger partial charge is 0.393 e. The predicted molar refractivity (Wildman–Crippen MR) is 129 cm³/mol. The number of aliphatic hydroxyl groups is 2. The van der Waals surface area contributed by atoms with E-state index in [2.05, 4.69) is 72.2 Å². The van der Waals surface area contributed by atoms with Crippen molar-refractivity contribution in [2.75, 3.05) is 20.1 Å². The lowest BCUT2D eigenvalue weighted by atomic mass is 9.62. The Morgan fingerprint density at radius 1 is 1.09 bits per heavy atom. The molecule has 2 fully saturated rings. The van der Waals surface area contributed by atoms with Crippen molar-refractivity contribution >= 4 is 0 Å². The number of H-pyrrole nitrogens is 1. The fraction of sp³-hybridized carbons (Fsp3) is 0.481. The highest BCUT2D eigenvalue weighted by molar-refractivity contribution is 5.60. The van der Waals surface area contributed by atoms with Crippen molar-refractivity contribution in [1.82, 2.24) is 20.1 Å². The molecule has 3 N–H and O–H groups in total. The minimum Gasteiger partial charge on any atom is -0.393 e. The fourth-order valence-corrected chi connectivity index (χ4v) is 5.66. The van der Waals surface area contributed by atoms with Crippen molar-refractivity contribution in [3.05, 3.63) is 71.2 Å². The van der Waals surface area contributed by atoms with E-state index in [0.717, 1.165) is 54.0 Å². The van der Waals surface area contributed by atoms with Gasteiger partial charge in [-0.15, -0.1) is 0 Å². The molecule has 3 heterocycles. The lowest BCUT2D eigenvalue weighted by Gasteiger charge is -2.55. The first kappa shape index (κ1) is 22.3. The number of aromatic nitrogens is 3. The topological polar surface area (TPSA) is 85.3 Å². The van der Waals surface area contributed by atoms with Crippen LogP contribution in [0.15, 0.2) is 48.8 Å². The van der Waals surface area contributed by atoms with Gasteiger partial charge in [0.1, 0.15) is 5.60 Å². The summed E-state index contributed by atoms with van der Waals surface area (Å²) in [5.74, 6) is 0.770. The van der Waals surface area contributed by atoms with Crippen LogP contribution in [0, 0.1) is 5.41 Å². The molecule has 174 valence electrons. The van der Waals surface area contributed by atoms with Crippen LogP contribution in [0.2, 0.25) is 0 Å². The van der Waals surface area contributed by atoms with Crippen molar-refractivity contribution in [3.8, 4) is 11.3 Å². The number of nitrogens with one attached hydrogen (secondary N) is 1. The van der Waals surface area contributed by atoms with E-state index in [1.54, 1.807) is 12.4 Å². The summed E-state index contributed by atoms with van der Waals surface area (Å²) in [4.78, 5) is 6.76. The molecule has 33 heavy (non-hydrogen) atoms. The average Bonchev–Trinajstić information content (AvgIpc) is 3.25. The molecule has 2 aromatic heterocycles. The summed E-state index contributed by atoms with van der Waals surface area (Å²) in [5.41, 5.74) is 4.18. The van der Waals surface area contributed by atoms with Gasteiger partial charge in [-0.25, -0.2) is 0 Å². The Morgan fingerprint density at radius 3 is 2.39 bits per heavy atom. The van der Waals surface area contributed by atoms with Crippen molar-refractivity contribution in [1.29, 1.82) is 0 Å². The minimum atomic E-state index is -1.17. The third-order valence-corrected chi connectivity index (χ3v) is 7.71. The predicted octanol–water partition coefficient (Wildman–Crippen LogP) is 4.02. The zero-order valence-electron chi connectivity index (χ0n) is 19.9. The summed E-state index contributed by atoms with van der Waals surface area (Å²) in [6.07, 6.45) is 4.94. The van der Waals surface area contributed by atoms with Crippen LogP contribution in [0.4, 0.5) is 0 Å². The maximum atomic E-state index is 12.4. The van der Waals surface area contributed by atoms with Crippen LogP contribution in [0.1, 0.15) is 67.8 Å². The normalized spacial score (nSPS) is 24.2. The number of nitrogens with zero attached hydrogens (tertiary/aromatic N) is 3. The van der Waals surface area contributed by atoms with E-state index < -0.39 is 5.60 Å². The van der Waals surface area contributed by atoms with Gasteiger partial charge in [-0.3, -0.25) is 10.1 Å². The number of likely N-dealkylation sites (tertiary alicyclic amines) is 1. The molecule has 0 spiro atoms. The highest BCUT2D eigenvalue weighted by atomic mass is 16.3. The molecule has 1 atom stereocenters. The van der Waals surface area contributed by atoms with Gasteiger partial charge < -0.3 is 15.1 Å². The maximum absolute atomic E-state index is 12.4. The zero-order valence-corrected chi connectivity index (χ0v) is 19.9. The highest BCUT2D eigenvalue weighted by Crippen LogP contribution is 2.50. The van der Waals surface area contributed by atoms with Crippen molar-refractivity contribution in [2.24, 2.45) is 5.41 Å². The average molecular weight is 447 g/mol. The van der Waals surface area contributed by atoms with Gasteiger partial charge >= 0.3 is 0 Å². The first-order chi connectivity index (χ1) is 15.7. The van der Waals surface area contributed by atoms with Crippen LogP contribution in [-0.4, -0.2) is 56.5 Å². The SMILES string of the molecule is CC(C)c1ccc([C@](O)(c2cncc(-c3cc(C4CC(O)C4)[nH]n3)c2)C2(C)CN(C)C2)cc1. The zero-order chi connectivity index (χ0) is 23.4. The van der Waals surface area contributed by atoms with E-state index in [9.17, 15) is 10.2 Å². The second-order valence-electron chi connectivity index (χ2n) is 10.7. The second-order valence-corrected chi connectivity index (χ2v) is 10.7. The van der Waals surface area contributed by atoms with Gasteiger partial charge in [0.05, 0.1) is 11.8 Å². The monoisotopic (exact) mass is 446 g/mol. The van der Waals surface area contributed by atoms with E-state index in [0.29, 0.717) is 11.8 Å². The molecular weight excluding hydrogens is 412 g/mol. The van der Waals surface area contributed by atoms with E-state index in [-0.39, 0.29) is 11.5 Å². The molecule has 3 aromatic rings. The molecule has 0 bridgehead atoms. The molecule has 0 amide bonds. The van der Waals surface area contributed by atoms with Gasteiger partial charge in [0.25, 0.3) is 0 Å². The van der Waals surface area contributed by atoms with Crippen LogP contribution in [0.5, 0.6) is 0 Å². The molecule has 1 aliphatic carbocycles. The number of pyridine rings is 1. The van der Waals surface area contributed by atoms with Crippen LogP contribution in [0.25, 0.3) is 11.3 Å². The Morgan fingerprint density at radius 2 is 1.79 bits per heavy atom. The Bertz CT molecular complexity index is 1130. The third-order valence-electron chi connectivity index (χ3n) is 7.71. The summed E-state index contributed by atoms with van der Waals surface area (Å²) in [5, 5.41) is 29.7. The van der Waals surface area contributed by atoms with Gasteiger partial charge in [0.2, 0.25) is 0 Å². The number of rotatable bonds is 6. The van der Waals surface area contributed by atoms with E-state index >= 15 is 0 Å². The molecule has 1 aliphatic heterocycles. The van der Waals surface area contributed by atoms with Gasteiger partial charge in [0, 0.05) is 53.6 Å². The smallest absolute Gasteiger partial charge is 0.124 e. The number of aliphatic hydroxyl groups excluding tert-OH is 1. The lowest BCUT2D eigenvalue weighted by molar-refractivity contribution is -0.127. The molecule has 5 rings (SSSR count). The van der Waals surface area contributed by atoms with Gasteiger partial charge in [-0.1, -0.05) is 45.0 Å². The van der Waals surface area contributed by atoms with Crippen molar-refractivity contribution in [2.45, 2.75) is 57.2 Å². The Balaban J connectivity index is 1.54. The maximum Gasteiger partial charge on any atom is 0.124 e. The number of benzene rings is 1. The van der Waals surface area contributed by atoms with Crippen LogP contribution in [-0.2, 0) is 5.60 Å². The Kier molecular flexibility index (Phi) is 5.43. The standard InChI is InChI=1S/C27H34N4O2/c1-17(2)18-5-7-21(8-6-18)27(33,26(3)15-31(4)16-26)22-9-20(13-28-14-22)25-12-24(29-30-25)19-10-23(32)11-19/h5-9,12-14,17,19,23,32-33H,10-11,15-16H2,1-4H3,(H,29,30)/t19?,23?,27-/m0/s1. The number of hydrogen-bond acceptors (Lipinski definition) is 5. The molecule has 6 nitrogen and oxygen atoms in total. The quantitative estimate of drug-likeness (QED) is 0.533. The number of aromatic amines is 1.